The quantitative estimate of drug-likeness (QED) is 0.557. The van der Waals surface area contributed by atoms with Crippen LogP contribution in [0.1, 0.15) is 13.8 Å². The van der Waals surface area contributed by atoms with Gasteiger partial charge in [-0.3, -0.25) is 0 Å². The SMILES string of the molecule is CC(C)N1CC(O)CN1C. The highest BCUT2D eigenvalue weighted by molar-refractivity contribution is 4.74. The molecule has 1 atom stereocenters. The topological polar surface area (TPSA) is 26.7 Å². The van der Waals surface area contributed by atoms with E-state index in [1.807, 2.05) is 7.05 Å². The van der Waals surface area contributed by atoms with Crippen molar-refractivity contribution in [1.82, 2.24) is 10.0 Å². The van der Waals surface area contributed by atoms with Crippen LogP contribution in [-0.2, 0) is 0 Å². The van der Waals surface area contributed by atoms with Gasteiger partial charge in [0.05, 0.1) is 6.10 Å². The van der Waals surface area contributed by atoms with E-state index < -0.39 is 0 Å². The van der Waals surface area contributed by atoms with Crippen molar-refractivity contribution in [2.24, 2.45) is 0 Å². The molecule has 3 heteroatoms. The number of aliphatic hydroxyl groups is 1. The molecule has 0 radical (unpaired) electrons. The number of aliphatic hydroxyl groups excluding tert-OH is 1. The van der Waals surface area contributed by atoms with Gasteiger partial charge in [0.1, 0.15) is 0 Å². The minimum absolute atomic E-state index is 0.160. The van der Waals surface area contributed by atoms with Gasteiger partial charge in [-0.25, -0.2) is 10.0 Å². The summed E-state index contributed by atoms with van der Waals surface area (Å²) < 4.78 is 0. The third-order valence-corrected chi connectivity index (χ3v) is 1.91. The van der Waals surface area contributed by atoms with E-state index in [1.54, 1.807) is 0 Å². The number of rotatable bonds is 1. The van der Waals surface area contributed by atoms with Crippen LogP contribution in [0.5, 0.6) is 0 Å². The minimum Gasteiger partial charge on any atom is -0.390 e. The van der Waals surface area contributed by atoms with E-state index in [9.17, 15) is 5.11 Å². The van der Waals surface area contributed by atoms with Gasteiger partial charge in [0, 0.05) is 26.2 Å². The molecule has 0 aromatic heterocycles. The molecule has 0 amide bonds. The van der Waals surface area contributed by atoms with Crippen LogP contribution in [0, 0.1) is 0 Å². The lowest BCUT2D eigenvalue weighted by Crippen LogP contribution is -2.38. The highest BCUT2D eigenvalue weighted by Crippen LogP contribution is 2.11. The molecule has 10 heavy (non-hydrogen) atoms. The van der Waals surface area contributed by atoms with E-state index in [0.717, 1.165) is 13.1 Å². The predicted molar refractivity (Wildman–Crippen MR) is 40.5 cm³/mol. The predicted octanol–water partition coefficient (Wildman–Crippen LogP) is -0.0819. The van der Waals surface area contributed by atoms with Crippen LogP contribution in [0.25, 0.3) is 0 Å². The van der Waals surface area contributed by atoms with E-state index in [2.05, 4.69) is 23.9 Å². The molecule has 0 bridgehead atoms. The zero-order valence-corrected chi connectivity index (χ0v) is 6.91. The van der Waals surface area contributed by atoms with Crippen LogP contribution in [-0.4, -0.2) is 47.4 Å². The molecule has 1 saturated heterocycles. The van der Waals surface area contributed by atoms with Gasteiger partial charge in [0.15, 0.2) is 0 Å². The van der Waals surface area contributed by atoms with Crippen molar-refractivity contribution < 1.29 is 5.11 Å². The molecular formula is C7H16N2O. The van der Waals surface area contributed by atoms with Crippen molar-refractivity contribution in [2.45, 2.75) is 26.0 Å². The molecule has 1 fully saturated rings. The second-order valence-corrected chi connectivity index (χ2v) is 3.21. The first-order valence-electron chi connectivity index (χ1n) is 3.77. The Labute approximate surface area is 62.2 Å². The average Bonchev–Trinajstić information content (AvgIpc) is 2.10. The van der Waals surface area contributed by atoms with Gasteiger partial charge >= 0.3 is 0 Å². The van der Waals surface area contributed by atoms with Gasteiger partial charge < -0.3 is 5.11 Å². The number of hydrazine groups is 1. The molecule has 1 aliphatic rings. The molecule has 1 aliphatic heterocycles. The Balaban J connectivity index is 2.46. The van der Waals surface area contributed by atoms with Gasteiger partial charge in [0.25, 0.3) is 0 Å². The summed E-state index contributed by atoms with van der Waals surface area (Å²) in [5, 5.41) is 13.5. The van der Waals surface area contributed by atoms with Gasteiger partial charge in [-0.05, 0) is 13.8 Å². The second kappa shape index (κ2) is 2.86. The summed E-state index contributed by atoms with van der Waals surface area (Å²) in [4.78, 5) is 0. The minimum atomic E-state index is -0.160. The number of β-amino-alcohol motifs (C(OH)–C–C–N with tert-alkyl or cyclic N) is 1. The number of hydrogen-bond acceptors (Lipinski definition) is 3. The normalized spacial score (nSPS) is 30.3. The summed E-state index contributed by atoms with van der Waals surface area (Å²) >= 11 is 0. The van der Waals surface area contributed by atoms with Crippen LogP contribution in [0.2, 0.25) is 0 Å². The molecule has 0 aromatic rings. The lowest BCUT2D eigenvalue weighted by molar-refractivity contribution is 0.0239. The highest BCUT2D eigenvalue weighted by atomic mass is 16.3. The van der Waals surface area contributed by atoms with Crippen molar-refractivity contribution in [3.63, 3.8) is 0 Å². The average molecular weight is 144 g/mol. The van der Waals surface area contributed by atoms with Gasteiger partial charge in [-0.1, -0.05) is 0 Å². The summed E-state index contributed by atoms with van der Waals surface area (Å²) in [5.74, 6) is 0. The first kappa shape index (κ1) is 7.98. The fraction of sp³-hybridized carbons (Fsp3) is 1.00. The van der Waals surface area contributed by atoms with Crippen molar-refractivity contribution in [3.8, 4) is 0 Å². The van der Waals surface area contributed by atoms with E-state index >= 15 is 0 Å². The van der Waals surface area contributed by atoms with Crippen molar-refractivity contribution in [3.05, 3.63) is 0 Å². The van der Waals surface area contributed by atoms with Gasteiger partial charge in [-0.2, -0.15) is 0 Å². The molecule has 3 nitrogen and oxygen atoms in total. The Kier molecular flexibility index (Phi) is 2.28. The lowest BCUT2D eigenvalue weighted by atomic mass is 10.3. The number of hydrogen-bond donors (Lipinski definition) is 1. The molecule has 0 spiro atoms. The smallest absolute Gasteiger partial charge is 0.0822 e. The Morgan fingerprint density at radius 1 is 1.40 bits per heavy atom. The largest absolute Gasteiger partial charge is 0.390 e. The molecular weight excluding hydrogens is 128 g/mol. The molecule has 0 aromatic carbocycles. The van der Waals surface area contributed by atoms with Gasteiger partial charge in [-0.15, -0.1) is 0 Å². The standard InChI is InChI=1S/C7H16N2O/c1-6(2)9-5-7(10)4-8(9)3/h6-7,10H,4-5H2,1-3H3. The fourth-order valence-corrected chi connectivity index (χ4v) is 1.43. The molecule has 60 valence electrons. The maximum absolute atomic E-state index is 9.24. The molecule has 1 N–H and O–H groups in total. The lowest BCUT2D eigenvalue weighted by Gasteiger charge is -2.27. The van der Waals surface area contributed by atoms with E-state index in [1.165, 1.54) is 0 Å². The van der Waals surface area contributed by atoms with Gasteiger partial charge in [0.2, 0.25) is 0 Å². The van der Waals surface area contributed by atoms with Crippen LogP contribution in [0.15, 0.2) is 0 Å². The molecule has 0 aliphatic carbocycles. The Morgan fingerprint density at radius 3 is 2.20 bits per heavy atom. The van der Waals surface area contributed by atoms with Crippen LogP contribution < -0.4 is 0 Å². The third kappa shape index (κ3) is 1.48. The monoisotopic (exact) mass is 144 g/mol. The van der Waals surface area contributed by atoms with Crippen LogP contribution in [0.3, 0.4) is 0 Å². The summed E-state index contributed by atoms with van der Waals surface area (Å²) in [6.45, 7) is 5.83. The van der Waals surface area contributed by atoms with Crippen LogP contribution in [0.4, 0.5) is 0 Å². The highest BCUT2D eigenvalue weighted by Gasteiger charge is 2.26. The number of likely N-dealkylation sites (N-methyl/N-ethyl adjacent to an activating group) is 1. The Bertz CT molecular complexity index is 116. The van der Waals surface area contributed by atoms with Crippen molar-refractivity contribution >= 4 is 0 Å². The van der Waals surface area contributed by atoms with E-state index in [-0.39, 0.29) is 6.10 Å². The second-order valence-electron chi connectivity index (χ2n) is 3.21. The Hall–Kier alpha value is -0.120. The third-order valence-electron chi connectivity index (χ3n) is 1.91. The maximum Gasteiger partial charge on any atom is 0.0822 e. The van der Waals surface area contributed by atoms with Crippen LogP contribution >= 0.6 is 0 Å². The molecule has 1 rings (SSSR count). The van der Waals surface area contributed by atoms with Crippen molar-refractivity contribution in [2.75, 3.05) is 20.1 Å². The summed E-state index contributed by atoms with van der Waals surface area (Å²) in [7, 11) is 2.01. The first-order valence-corrected chi connectivity index (χ1v) is 3.77. The van der Waals surface area contributed by atoms with Crippen molar-refractivity contribution in [1.29, 1.82) is 0 Å². The zero-order chi connectivity index (χ0) is 7.72. The molecule has 0 saturated carbocycles. The first-order chi connectivity index (χ1) is 4.61. The van der Waals surface area contributed by atoms with E-state index in [4.69, 9.17) is 0 Å². The summed E-state index contributed by atoms with van der Waals surface area (Å²) in [6.07, 6.45) is -0.160. The zero-order valence-electron chi connectivity index (χ0n) is 6.91. The van der Waals surface area contributed by atoms with E-state index in [0.29, 0.717) is 6.04 Å². The number of nitrogens with zero attached hydrogens (tertiary/aromatic N) is 2. The summed E-state index contributed by atoms with van der Waals surface area (Å²) in [5.41, 5.74) is 0. The molecule has 1 heterocycles. The molecule has 1 unspecified atom stereocenters. The Morgan fingerprint density at radius 2 is 2.00 bits per heavy atom. The summed E-state index contributed by atoms with van der Waals surface area (Å²) in [6, 6.07) is 0.502. The maximum atomic E-state index is 9.24. The fourth-order valence-electron chi connectivity index (χ4n) is 1.43.